The highest BCUT2D eigenvalue weighted by Crippen LogP contribution is 2.30. The smallest absolute Gasteiger partial charge is 0.343 e. The SMILES string of the molecule is CC(NC(=O)c1cc(C(F)(F)F)nn1C)c1cnc(-c2ccccc2)s1. The molecule has 1 atom stereocenters. The van der Waals surface area contributed by atoms with E-state index in [0.717, 1.165) is 26.2 Å². The van der Waals surface area contributed by atoms with E-state index in [1.54, 1.807) is 13.1 Å². The Kier molecular flexibility index (Phi) is 4.82. The summed E-state index contributed by atoms with van der Waals surface area (Å²) in [7, 11) is 1.30. The molecule has 3 aromatic rings. The van der Waals surface area contributed by atoms with E-state index >= 15 is 0 Å². The summed E-state index contributed by atoms with van der Waals surface area (Å²) in [6, 6.07) is 9.92. The van der Waals surface area contributed by atoms with Crippen LogP contribution in [0.5, 0.6) is 0 Å². The lowest BCUT2D eigenvalue weighted by molar-refractivity contribution is -0.141. The average Bonchev–Trinajstić information content (AvgIpc) is 3.22. The molecule has 0 bridgehead atoms. The van der Waals surface area contributed by atoms with Crippen LogP contribution in [-0.4, -0.2) is 20.7 Å². The fraction of sp³-hybridized carbons (Fsp3) is 0.235. The molecule has 3 rings (SSSR count). The molecule has 26 heavy (non-hydrogen) atoms. The lowest BCUT2D eigenvalue weighted by Crippen LogP contribution is -2.27. The van der Waals surface area contributed by atoms with E-state index in [1.165, 1.54) is 18.4 Å². The van der Waals surface area contributed by atoms with Crippen molar-refractivity contribution in [3.63, 3.8) is 0 Å². The van der Waals surface area contributed by atoms with Crippen molar-refractivity contribution in [3.8, 4) is 10.6 Å². The molecular weight excluding hydrogens is 365 g/mol. The second-order valence-electron chi connectivity index (χ2n) is 5.67. The van der Waals surface area contributed by atoms with Crippen LogP contribution >= 0.6 is 11.3 Å². The predicted octanol–water partition coefficient (Wildman–Crippen LogP) is 4.05. The fourth-order valence-corrected chi connectivity index (χ4v) is 3.28. The number of rotatable bonds is 4. The number of amides is 1. The Morgan fingerprint density at radius 3 is 2.58 bits per heavy atom. The van der Waals surface area contributed by atoms with Crippen molar-refractivity contribution >= 4 is 17.2 Å². The first kappa shape index (κ1) is 18.1. The maximum Gasteiger partial charge on any atom is 0.435 e. The van der Waals surface area contributed by atoms with Crippen molar-refractivity contribution in [2.75, 3.05) is 0 Å². The number of thiazole rings is 1. The zero-order valence-corrected chi connectivity index (χ0v) is 14.7. The zero-order valence-electron chi connectivity index (χ0n) is 13.9. The van der Waals surface area contributed by atoms with Crippen LogP contribution in [0.3, 0.4) is 0 Å². The number of hydrogen-bond acceptors (Lipinski definition) is 4. The Bertz CT molecular complexity index is 918. The number of nitrogens with one attached hydrogen (secondary N) is 1. The van der Waals surface area contributed by atoms with Gasteiger partial charge in [-0.05, 0) is 6.92 Å². The third kappa shape index (κ3) is 3.77. The van der Waals surface area contributed by atoms with E-state index in [-0.39, 0.29) is 5.69 Å². The molecule has 1 N–H and O–H groups in total. The van der Waals surface area contributed by atoms with Crippen LogP contribution in [0.4, 0.5) is 13.2 Å². The molecule has 2 heterocycles. The molecule has 0 saturated carbocycles. The minimum Gasteiger partial charge on any atom is -0.343 e. The monoisotopic (exact) mass is 380 g/mol. The van der Waals surface area contributed by atoms with Gasteiger partial charge in [-0.1, -0.05) is 30.3 Å². The molecule has 0 fully saturated rings. The molecule has 1 aromatic carbocycles. The van der Waals surface area contributed by atoms with E-state index in [1.807, 2.05) is 30.3 Å². The van der Waals surface area contributed by atoms with Crippen LogP contribution in [0.25, 0.3) is 10.6 Å². The molecule has 0 aliphatic carbocycles. The quantitative estimate of drug-likeness (QED) is 0.743. The average molecular weight is 380 g/mol. The van der Waals surface area contributed by atoms with Crippen molar-refractivity contribution in [2.45, 2.75) is 19.1 Å². The summed E-state index contributed by atoms with van der Waals surface area (Å²) in [6.45, 7) is 1.75. The third-order valence-electron chi connectivity index (χ3n) is 3.72. The molecule has 5 nitrogen and oxygen atoms in total. The van der Waals surface area contributed by atoms with Crippen molar-refractivity contribution in [2.24, 2.45) is 7.05 Å². The molecule has 0 saturated heterocycles. The molecule has 9 heteroatoms. The number of alkyl halides is 3. The first-order chi connectivity index (χ1) is 12.3. The van der Waals surface area contributed by atoms with Crippen LogP contribution < -0.4 is 5.32 Å². The highest BCUT2D eigenvalue weighted by atomic mass is 32.1. The molecule has 1 unspecified atom stereocenters. The highest BCUT2D eigenvalue weighted by Gasteiger charge is 2.35. The number of aromatic nitrogens is 3. The Morgan fingerprint density at radius 1 is 1.27 bits per heavy atom. The van der Waals surface area contributed by atoms with Gasteiger partial charge in [-0.25, -0.2) is 4.98 Å². The van der Waals surface area contributed by atoms with Gasteiger partial charge in [-0.3, -0.25) is 9.48 Å². The Morgan fingerprint density at radius 2 is 1.96 bits per heavy atom. The van der Waals surface area contributed by atoms with Crippen molar-refractivity contribution < 1.29 is 18.0 Å². The molecule has 136 valence electrons. The number of carbonyl (C=O) groups is 1. The molecule has 0 aliphatic rings. The summed E-state index contributed by atoms with van der Waals surface area (Å²) in [6.07, 6.45) is -2.94. The highest BCUT2D eigenvalue weighted by molar-refractivity contribution is 7.15. The van der Waals surface area contributed by atoms with Gasteiger partial charge in [0.05, 0.1) is 6.04 Å². The van der Waals surface area contributed by atoms with Gasteiger partial charge in [0.1, 0.15) is 10.7 Å². The summed E-state index contributed by atoms with van der Waals surface area (Å²) in [5, 5.41) is 6.84. The van der Waals surface area contributed by atoms with Gasteiger partial charge in [-0.15, -0.1) is 11.3 Å². The lowest BCUT2D eigenvalue weighted by atomic mass is 10.2. The van der Waals surface area contributed by atoms with Gasteiger partial charge < -0.3 is 5.32 Å². The fourth-order valence-electron chi connectivity index (χ4n) is 2.36. The second-order valence-corrected chi connectivity index (χ2v) is 6.73. The normalized spacial score (nSPS) is 12.8. The number of nitrogens with zero attached hydrogens (tertiary/aromatic N) is 3. The number of aryl methyl sites for hydroxylation is 1. The maximum atomic E-state index is 12.7. The van der Waals surface area contributed by atoms with Crippen LogP contribution in [0, 0.1) is 0 Å². The largest absolute Gasteiger partial charge is 0.435 e. The Balaban J connectivity index is 1.74. The number of hydrogen-bond donors (Lipinski definition) is 1. The van der Waals surface area contributed by atoms with E-state index in [4.69, 9.17) is 0 Å². The van der Waals surface area contributed by atoms with Crippen molar-refractivity contribution in [1.29, 1.82) is 0 Å². The van der Waals surface area contributed by atoms with Gasteiger partial charge in [0, 0.05) is 29.8 Å². The topological polar surface area (TPSA) is 59.8 Å². The van der Waals surface area contributed by atoms with Crippen LogP contribution in [0.1, 0.15) is 34.0 Å². The maximum absolute atomic E-state index is 12.7. The van der Waals surface area contributed by atoms with Gasteiger partial charge in [-0.2, -0.15) is 18.3 Å². The Hall–Kier alpha value is -2.68. The standard InChI is InChI=1S/C17H15F3N4OS/c1-10(13-9-21-16(26-13)11-6-4-3-5-7-11)22-15(25)12-8-14(17(18,19)20)23-24(12)2/h3-10H,1-2H3,(H,22,25). The van der Waals surface area contributed by atoms with E-state index in [9.17, 15) is 18.0 Å². The van der Waals surface area contributed by atoms with Crippen molar-refractivity contribution in [3.05, 3.63) is 58.9 Å². The van der Waals surface area contributed by atoms with Crippen LogP contribution in [0.15, 0.2) is 42.6 Å². The molecular formula is C17H15F3N4OS. The number of benzene rings is 1. The first-order valence-electron chi connectivity index (χ1n) is 7.69. The zero-order chi connectivity index (χ0) is 18.9. The summed E-state index contributed by atoms with van der Waals surface area (Å²) in [5.41, 5.74) is -0.289. The number of carbonyl (C=O) groups excluding carboxylic acids is 1. The van der Waals surface area contributed by atoms with Crippen LogP contribution in [-0.2, 0) is 13.2 Å². The molecule has 0 spiro atoms. The number of halogens is 3. The molecule has 2 aromatic heterocycles. The summed E-state index contributed by atoms with van der Waals surface area (Å²) in [4.78, 5) is 17.5. The van der Waals surface area contributed by atoms with E-state index in [0.29, 0.717) is 0 Å². The van der Waals surface area contributed by atoms with Gasteiger partial charge in [0.15, 0.2) is 5.69 Å². The van der Waals surface area contributed by atoms with Gasteiger partial charge in [0.2, 0.25) is 0 Å². The van der Waals surface area contributed by atoms with E-state index in [2.05, 4.69) is 15.4 Å². The first-order valence-corrected chi connectivity index (χ1v) is 8.50. The minimum atomic E-state index is -4.59. The molecule has 0 radical (unpaired) electrons. The second kappa shape index (κ2) is 6.91. The minimum absolute atomic E-state index is 0.156. The van der Waals surface area contributed by atoms with E-state index < -0.39 is 23.8 Å². The lowest BCUT2D eigenvalue weighted by Gasteiger charge is -2.11. The van der Waals surface area contributed by atoms with Gasteiger partial charge >= 0.3 is 6.18 Å². The Labute approximate surface area is 151 Å². The molecule has 1 amide bonds. The predicted molar refractivity (Wildman–Crippen MR) is 91.6 cm³/mol. The van der Waals surface area contributed by atoms with Crippen molar-refractivity contribution in [1.82, 2.24) is 20.1 Å². The van der Waals surface area contributed by atoms with Gasteiger partial charge in [0.25, 0.3) is 5.91 Å². The summed E-state index contributed by atoms with van der Waals surface area (Å²) < 4.78 is 39.1. The third-order valence-corrected chi connectivity index (χ3v) is 4.95. The van der Waals surface area contributed by atoms with Crippen LogP contribution in [0.2, 0.25) is 0 Å². The summed E-state index contributed by atoms with van der Waals surface area (Å²) >= 11 is 1.42. The summed E-state index contributed by atoms with van der Waals surface area (Å²) in [5.74, 6) is -0.627. The molecule has 0 aliphatic heterocycles.